The van der Waals surface area contributed by atoms with Crippen LogP contribution in [0.1, 0.15) is 10.4 Å². The molecule has 86 valence electrons. The molecule has 1 N–H and O–H groups in total. The number of benzene rings is 2. The topological polar surface area (TPSA) is 29.1 Å². The van der Waals surface area contributed by atoms with Crippen molar-refractivity contribution in [1.82, 2.24) is 0 Å². The van der Waals surface area contributed by atoms with Gasteiger partial charge in [-0.15, -0.1) is 0 Å². The van der Waals surface area contributed by atoms with E-state index in [4.69, 9.17) is 11.6 Å². The van der Waals surface area contributed by atoms with Crippen molar-refractivity contribution in [2.75, 3.05) is 5.32 Å². The van der Waals surface area contributed by atoms with Crippen LogP contribution in [0.25, 0.3) is 0 Å². The largest absolute Gasteiger partial charge is 0.321 e. The Morgan fingerprint density at radius 2 is 1.71 bits per heavy atom. The van der Waals surface area contributed by atoms with Gasteiger partial charge in [0.2, 0.25) is 0 Å². The number of anilines is 1. The minimum absolute atomic E-state index is 0.189. The molecule has 0 heterocycles. The van der Waals surface area contributed by atoms with Gasteiger partial charge in [0.15, 0.2) is 0 Å². The first-order chi connectivity index (χ1) is 8.18. The van der Waals surface area contributed by atoms with Gasteiger partial charge in [-0.25, -0.2) is 0 Å². The lowest BCUT2D eigenvalue weighted by atomic mass is 10.2. The van der Waals surface area contributed by atoms with Crippen LogP contribution in [-0.4, -0.2) is 5.91 Å². The SMILES string of the molecule is O=C(Nc1ccccc1Cl)c1ccccc1Br. The third kappa shape index (κ3) is 2.87. The minimum Gasteiger partial charge on any atom is -0.321 e. The van der Waals surface area contributed by atoms with Crippen molar-refractivity contribution in [2.45, 2.75) is 0 Å². The second-order valence-electron chi connectivity index (χ2n) is 3.41. The number of carbonyl (C=O) groups is 1. The number of halogens is 2. The molecule has 17 heavy (non-hydrogen) atoms. The van der Waals surface area contributed by atoms with Gasteiger partial charge in [0, 0.05) is 4.47 Å². The van der Waals surface area contributed by atoms with Crippen molar-refractivity contribution in [3.05, 3.63) is 63.6 Å². The summed E-state index contributed by atoms with van der Waals surface area (Å²) in [4.78, 5) is 12.0. The highest BCUT2D eigenvalue weighted by atomic mass is 79.9. The molecular weight excluding hydrogens is 302 g/mol. The van der Waals surface area contributed by atoms with Crippen LogP contribution < -0.4 is 5.32 Å². The fourth-order valence-corrected chi connectivity index (χ4v) is 2.05. The lowest BCUT2D eigenvalue weighted by Gasteiger charge is -2.07. The molecule has 4 heteroatoms. The number of hydrogen-bond donors (Lipinski definition) is 1. The molecule has 0 fully saturated rings. The summed E-state index contributed by atoms with van der Waals surface area (Å²) in [5.41, 5.74) is 1.18. The summed E-state index contributed by atoms with van der Waals surface area (Å²) in [5.74, 6) is -0.189. The van der Waals surface area contributed by atoms with Crippen molar-refractivity contribution in [3.63, 3.8) is 0 Å². The van der Waals surface area contributed by atoms with Crippen LogP contribution in [0, 0.1) is 0 Å². The Morgan fingerprint density at radius 1 is 1.06 bits per heavy atom. The van der Waals surface area contributed by atoms with Gasteiger partial charge in [0.1, 0.15) is 0 Å². The van der Waals surface area contributed by atoms with Gasteiger partial charge < -0.3 is 5.32 Å². The van der Waals surface area contributed by atoms with Gasteiger partial charge in [-0.05, 0) is 40.2 Å². The first-order valence-corrected chi connectivity index (χ1v) is 6.16. The number of para-hydroxylation sites is 1. The Labute approximate surface area is 113 Å². The van der Waals surface area contributed by atoms with E-state index in [-0.39, 0.29) is 5.91 Å². The average Bonchev–Trinajstić information content (AvgIpc) is 2.32. The van der Waals surface area contributed by atoms with Crippen LogP contribution >= 0.6 is 27.5 Å². The fraction of sp³-hybridized carbons (Fsp3) is 0. The lowest BCUT2D eigenvalue weighted by molar-refractivity contribution is 0.102. The molecule has 0 atom stereocenters. The monoisotopic (exact) mass is 309 g/mol. The zero-order valence-corrected chi connectivity index (χ0v) is 11.1. The zero-order valence-electron chi connectivity index (χ0n) is 8.78. The Balaban J connectivity index is 2.24. The molecule has 0 aliphatic carbocycles. The van der Waals surface area contributed by atoms with E-state index in [0.717, 1.165) is 4.47 Å². The molecule has 0 aliphatic rings. The maximum atomic E-state index is 12.0. The number of rotatable bonds is 2. The van der Waals surface area contributed by atoms with E-state index in [1.807, 2.05) is 30.3 Å². The Kier molecular flexibility index (Phi) is 3.82. The molecule has 2 rings (SSSR count). The van der Waals surface area contributed by atoms with Crippen LogP contribution in [0.15, 0.2) is 53.0 Å². The first kappa shape index (κ1) is 12.1. The molecule has 0 aliphatic heterocycles. The Morgan fingerprint density at radius 3 is 2.41 bits per heavy atom. The van der Waals surface area contributed by atoms with Gasteiger partial charge in [0.25, 0.3) is 5.91 Å². The Hall–Kier alpha value is -1.32. The van der Waals surface area contributed by atoms with Crippen LogP contribution in [0.5, 0.6) is 0 Å². The molecule has 1 amide bonds. The highest BCUT2D eigenvalue weighted by Gasteiger charge is 2.10. The van der Waals surface area contributed by atoms with Crippen LogP contribution in [0.4, 0.5) is 5.69 Å². The smallest absolute Gasteiger partial charge is 0.256 e. The summed E-state index contributed by atoms with van der Waals surface area (Å²) in [5, 5.41) is 3.29. The van der Waals surface area contributed by atoms with Crippen molar-refractivity contribution in [1.29, 1.82) is 0 Å². The van der Waals surface area contributed by atoms with E-state index < -0.39 is 0 Å². The van der Waals surface area contributed by atoms with Gasteiger partial charge in [-0.2, -0.15) is 0 Å². The van der Waals surface area contributed by atoms with Gasteiger partial charge in [0.05, 0.1) is 16.3 Å². The van der Waals surface area contributed by atoms with E-state index in [2.05, 4.69) is 21.2 Å². The number of amides is 1. The fourth-order valence-electron chi connectivity index (χ4n) is 1.40. The molecule has 0 radical (unpaired) electrons. The molecule has 0 spiro atoms. The minimum atomic E-state index is -0.189. The quantitative estimate of drug-likeness (QED) is 0.877. The Bertz CT molecular complexity index is 557. The van der Waals surface area contributed by atoms with E-state index in [1.54, 1.807) is 18.2 Å². The van der Waals surface area contributed by atoms with E-state index in [1.165, 1.54) is 0 Å². The highest BCUT2D eigenvalue weighted by Crippen LogP contribution is 2.23. The molecule has 0 saturated heterocycles. The first-order valence-electron chi connectivity index (χ1n) is 4.99. The van der Waals surface area contributed by atoms with Crippen molar-refractivity contribution in [2.24, 2.45) is 0 Å². The second-order valence-corrected chi connectivity index (χ2v) is 4.68. The molecule has 2 aromatic carbocycles. The van der Waals surface area contributed by atoms with Crippen molar-refractivity contribution in [3.8, 4) is 0 Å². The van der Waals surface area contributed by atoms with Crippen LogP contribution in [-0.2, 0) is 0 Å². The summed E-state index contributed by atoms with van der Waals surface area (Å²) in [7, 11) is 0. The highest BCUT2D eigenvalue weighted by molar-refractivity contribution is 9.10. The molecule has 0 aromatic heterocycles. The predicted molar refractivity (Wildman–Crippen MR) is 73.5 cm³/mol. The summed E-state index contributed by atoms with van der Waals surface area (Å²) < 4.78 is 0.754. The molecule has 0 bridgehead atoms. The number of carbonyl (C=O) groups excluding carboxylic acids is 1. The van der Waals surface area contributed by atoms with Crippen molar-refractivity contribution >= 4 is 39.1 Å². The van der Waals surface area contributed by atoms with E-state index >= 15 is 0 Å². The third-order valence-corrected chi connectivity index (χ3v) is 3.26. The summed E-state index contributed by atoms with van der Waals surface area (Å²) in [6, 6.07) is 14.4. The number of hydrogen-bond acceptors (Lipinski definition) is 1. The standard InChI is InChI=1S/C13H9BrClNO/c14-10-6-2-1-5-9(10)13(17)16-12-8-4-3-7-11(12)15/h1-8H,(H,16,17). The zero-order chi connectivity index (χ0) is 12.3. The van der Waals surface area contributed by atoms with Crippen LogP contribution in [0.2, 0.25) is 5.02 Å². The summed E-state index contributed by atoms with van der Waals surface area (Å²) >= 11 is 9.30. The van der Waals surface area contributed by atoms with E-state index in [0.29, 0.717) is 16.3 Å². The van der Waals surface area contributed by atoms with Gasteiger partial charge in [-0.1, -0.05) is 35.9 Å². The van der Waals surface area contributed by atoms with Gasteiger partial charge >= 0.3 is 0 Å². The van der Waals surface area contributed by atoms with Gasteiger partial charge in [-0.3, -0.25) is 4.79 Å². The molecule has 2 aromatic rings. The van der Waals surface area contributed by atoms with Crippen LogP contribution in [0.3, 0.4) is 0 Å². The third-order valence-electron chi connectivity index (χ3n) is 2.24. The molecule has 0 unspecified atom stereocenters. The second kappa shape index (κ2) is 5.34. The average molecular weight is 311 g/mol. The summed E-state index contributed by atoms with van der Waals surface area (Å²) in [6.07, 6.45) is 0. The predicted octanol–water partition coefficient (Wildman–Crippen LogP) is 4.35. The lowest BCUT2D eigenvalue weighted by Crippen LogP contribution is -2.12. The normalized spacial score (nSPS) is 10.0. The number of nitrogens with one attached hydrogen (secondary N) is 1. The summed E-state index contributed by atoms with van der Waals surface area (Å²) in [6.45, 7) is 0. The maximum absolute atomic E-state index is 12.0. The molecular formula is C13H9BrClNO. The molecule has 0 saturated carbocycles. The van der Waals surface area contributed by atoms with Crippen molar-refractivity contribution < 1.29 is 4.79 Å². The van der Waals surface area contributed by atoms with E-state index in [9.17, 15) is 4.79 Å². The molecule has 2 nitrogen and oxygen atoms in total. The maximum Gasteiger partial charge on any atom is 0.256 e.